The third-order valence-corrected chi connectivity index (χ3v) is 3.85. The SMILES string of the molecule is CCCC(CN)C(=O)NC1CCN(C)C(C)C1. The molecule has 4 heteroatoms. The Morgan fingerprint density at radius 3 is 2.82 bits per heavy atom. The van der Waals surface area contributed by atoms with Crippen molar-refractivity contribution in [2.45, 2.75) is 51.6 Å². The zero-order chi connectivity index (χ0) is 12.8. The first-order valence-corrected chi connectivity index (χ1v) is 6.79. The molecule has 0 aromatic rings. The predicted octanol–water partition coefficient (Wildman–Crippen LogP) is 0.960. The van der Waals surface area contributed by atoms with E-state index in [-0.39, 0.29) is 11.8 Å². The summed E-state index contributed by atoms with van der Waals surface area (Å²) in [5.74, 6) is 0.145. The van der Waals surface area contributed by atoms with Crippen molar-refractivity contribution in [3.63, 3.8) is 0 Å². The molecule has 100 valence electrons. The third kappa shape index (κ3) is 4.28. The molecule has 0 saturated carbocycles. The highest BCUT2D eigenvalue weighted by atomic mass is 16.1. The Kier molecular flexibility index (Phi) is 5.92. The van der Waals surface area contributed by atoms with Crippen LogP contribution in [0.2, 0.25) is 0 Å². The van der Waals surface area contributed by atoms with Crippen molar-refractivity contribution in [3.05, 3.63) is 0 Å². The number of hydrogen-bond donors (Lipinski definition) is 2. The molecule has 1 amide bonds. The van der Waals surface area contributed by atoms with Gasteiger partial charge in [0, 0.05) is 25.2 Å². The van der Waals surface area contributed by atoms with Crippen LogP contribution in [0.25, 0.3) is 0 Å². The number of likely N-dealkylation sites (tertiary alicyclic amines) is 1. The average Bonchev–Trinajstić information content (AvgIpc) is 2.30. The summed E-state index contributed by atoms with van der Waals surface area (Å²) in [7, 11) is 2.14. The lowest BCUT2D eigenvalue weighted by Gasteiger charge is -2.35. The highest BCUT2D eigenvalue weighted by molar-refractivity contribution is 5.79. The molecule has 1 saturated heterocycles. The monoisotopic (exact) mass is 241 g/mol. The van der Waals surface area contributed by atoms with Crippen LogP contribution in [0.15, 0.2) is 0 Å². The molecule has 1 fully saturated rings. The van der Waals surface area contributed by atoms with Gasteiger partial charge in [0.15, 0.2) is 0 Å². The normalized spacial score (nSPS) is 27.8. The number of nitrogens with zero attached hydrogens (tertiary/aromatic N) is 1. The Bertz CT molecular complexity index is 245. The lowest BCUT2D eigenvalue weighted by molar-refractivity contribution is -0.126. The molecule has 0 aromatic heterocycles. The third-order valence-electron chi connectivity index (χ3n) is 3.85. The standard InChI is InChI=1S/C13H27N3O/c1-4-5-11(9-14)13(17)15-12-6-7-16(3)10(2)8-12/h10-12H,4-9,14H2,1-3H3,(H,15,17). The number of carbonyl (C=O) groups excluding carboxylic acids is 1. The molecule has 3 atom stereocenters. The first-order valence-electron chi connectivity index (χ1n) is 6.79. The second-order valence-corrected chi connectivity index (χ2v) is 5.28. The fraction of sp³-hybridized carbons (Fsp3) is 0.923. The van der Waals surface area contributed by atoms with Gasteiger partial charge in [0.25, 0.3) is 0 Å². The summed E-state index contributed by atoms with van der Waals surface area (Å²) in [6.45, 7) is 5.83. The van der Waals surface area contributed by atoms with E-state index in [1.165, 1.54) is 0 Å². The van der Waals surface area contributed by atoms with Gasteiger partial charge >= 0.3 is 0 Å². The second kappa shape index (κ2) is 6.97. The molecule has 0 aromatic carbocycles. The van der Waals surface area contributed by atoms with Crippen LogP contribution >= 0.6 is 0 Å². The van der Waals surface area contributed by atoms with Gasteiger partial charge in [0.05, 0.1) is 5.92 Å². The van der Waals surface area contributed by atoms with Gasteiger partial charge in [-0.2, -0.15) is 0 Å². The molecule has 3 N–H and O–H groups in total. The van der Waals surface area contributed by atoms with Gasteiger partial charge in [-0.05, 0) is 33.2 Å². The summed E-state index contributed by atoms with van der Waals surface area (Å²) in [5, 5.41) is 3.16. The van der Waals surface area contributed by atoms with E-state index >= 15 is 0 Å². The Balaban J connectivity index is 2.40. The smallest absolute Gasteiger partial charge is 0.224 e. The topological polar surface area (TPSA) is 58.4 Å². The molecule has 1 aliphatic heterocycles. The Morgan fingerprint density at radius 2 is 2.29 bits per heavy atom. The number of carbonyl (C=O) groups is 1. The van der Waals surface area contributed by atoms with E-state index in [0.717, 1.165) is 32.2 Å². The fourth-order valence-electron chi connectivity index (χ4n) is 2.44. The number of piperidine rings is 1. The second-order valence-electron chi connectivity index (χ2n) is 5.28. The Labute approximate surface area is 105 Å². The predicted molar refractivity (Wildman–Crippen MR) is 70.7 cm³/mol. The highest BCUT2D eigenvalue weighted by Crippen LogP contribution is 2.16. The van der Waals surface area contributed by atoms with E-state index < -0.39 is 0 Å². The van der Waals surface area contributed by atoms with Crippen LogP contribution in [0.1, 0.15) is 39.5 Å². The summed E-state index contributed by atoms with van der Waals surface area (Å²) >= 11 is 0. The zero-order valence-electron chi connectivity index (χ0n) is 11.4. The van der Waals surface area contributed by atoms with Crippen LogP contribution < -0.4 is 11.1 Å². The lowest BCUT2D eigenvalue weighted by atomic mass is 9.97. The van der Waals surface area contributed by atoms with Crippen molar-refractivity contribution < 1.29 is 4.79 Å². The van der Waals surface area contributed by atoms with Crippen molar-refractivity contribution in [1.29, 1.82) is 0 Å². The summed E-state index contributed by atoms with van der Waals surface area (Å²) < 4.78 is 0. The molecule has 1 aliphatic rings. The maximum atomic E-state index is 12.0. The largest absolute Gasteiger partial charge is 0.353 e. The van der Waals surface area contributed by atoms with Gasteiger partial charge in [-0.1, -0.05) is 13.3 Å². The molecular weight excluding hydrogens is 214 g/mol. The number of nitrogens with one attached hydrogen (secondary N) is 1. The van der Waals surface area contributed by atoms with Crippen molar-refractivity contribution >= 4 is 5.91 Å². The molecule has 0 radical (unpaired) electrons. The number of hydrogen-bond acceptors (Lipinski definition) is 3. The van der Waals surface area contributed by atoms with Crippen LogP contribution in [0.3, 0.4) is 0 Å². The van der Waals surface area contributed by atoms with Gasteiger partial charge in [-0.15, -0.1) is 0 Å². The Morgan fingerprint density at radius 1 is 1.59 bits per heavy atom. The van der Waals surface area contributed by atoms with E-state index in [9.17, 15) is 4.79 Å². The molecule has 3 unspecified atom stereocenters. The van der Waals surface area contributed by atoms with Crippen molar-refractivity contribution in [1.82, 2.24) is 10.2 Å². The van der Waals surface area contributed by atoms with E-state index in [4.69, 9.17) is 5.73 Å². The van der Waals surface area contributed by atoms with Gasteiger partial charge in [0.1, 0.15) is 0 Å². The van der Waals surface area contributed by atoms with Gasteiger partial charge in [0.2, 0.25) is 5.91 Å². The number of amides is 1. The van der Waals surface area contributed by atoms with E-state index in [2.05, 4.69) is 31.1 Å². The average molecular weight is 241 g/mol. The number of rotatable bonds is 5. The lowest BCUT2D eigenvalue weighted by Crippen LogP contribution is -2.49. The summed E-state index contributed by atoms with van der Waals surface area (Å²) in [6.07, 6.45) is 4.01. The maximum absolute atomic E-state index is 12.0. The fourth-order valence-corrected chi connectivity index (χ4v) is 2.44. The number of nitrogens with two attached hydrogens (primary N) is 1. The van der Waals surface area contributed by atoms with Crippen molar-refractivity contribution in [3.8, 4) is 0 Å². The quantitative estimate of drug-likeness (QED) is 0.754. The van der Waals surface area contributed by atoms with Gasteiger partial charge in [-0.25, -0.2) is 0 Å². The van der Waals surface area contributed by atoms with Crippen LogP contribution in [-0.4, -0.2) is 43.0 Å². The van der Waals surface area contributed by atoms with Gasteiger partial charge < -0.3 is 16.0 Å². The maximum Gasteiger partial charge on any atom is 0.224 e. The summed E-state index contributed by atoms with van der Waals surface area (Å²) in [6, 6.07) is 0.885. The molecule has 0 spiro atoms. The molecule has 0 bridgehead atoms. The summed E-state index contributed by atoms with van der Waals surface area (Å²) in [5.41, 5.74) is 5.65. The van der Waals surface area contributed by atoms with Crippen LogP contribution in [0.5, 0.6) is 0 Å². The van der Waals surface area contributed by atoms with Crippen molar-refractivity contribution in [2.24, 2.45) is 11.7 Å². The molecular formula is C13H27N3O. The highest BCUT2D eigenvalue weighted by Gasteiger charge is 2.25. The zero-order valence-corrected chi connectivity index (χ0v) is 11.4. The molecule has 0 aliphatic carbocycles. The molecule has 4 nitrogen and oxygen atoms in total. The van der Waals surface area contributed by atoms with Crippen LogP contribution in [-0.2, 0) is 4.79 Å². The van der Waals surface area contributed by atoms with Crippen molar-refractivity contribution in [2.75, 3.05) is 20.1 Å². The minimum atomic E-state index is -0.00466. The minimum Gasteiger partial charge on any atom is -0.353 e. The van der Waals surface area contributed by atoms with Crippen LogP contribution in [0.4, 0.5) is 0 Å². The molecule has 1 heterocycles. The molecule has 17 heavy (non-hydrogen) atoms. The minimum absolute atomic E-state index is 0.00466. The van der Waals surface area contributed by atoms with E-state index in [0.29, 0.717) is 18.6 Å². The molecule has 1 rings (SSSR count). The van der Waals surface area contributed by atoms with Gasteiger partial charge in [-0.3, -0.25) is 4.79 Å². The first-order chi connectivity index (χ1) is 8.08. The van der Waals surface area contributed by atoms with E-state index in [1.807, 2.05) is 0 Å². The Hall–Kier alpha value is -0.610. The first kappa shape index (κ1) is 14.5. The van der Waals surface area contributed by atoms with E-state index in [1.54, 1.807) is 0 Å². The summed E-state index contributed by atoms with van der Waals surface area (Å²) in [4.78, 5) is 14.4. The van der Waals surface area contributed by atoms with Crippen LogP contribution in [0, 0.1) is 5.92 Å².